The molecule has 2 aromatic carbocycles. The van der Waals surface area contributed by atoms with Gasteiger partial charge in [0, 0.05) is 24.2 Å². The van der Waals surface area contributed by atoms with Gasteiger partial charge in [0.1, 0.15) is 0 Å². The summed E-state index contributed by atoms with van der Waals surface area (Å²) in [5.74, 6) is 0.620. The largest absolute Gasteiger partial charge is 0.435 e. The Kier molecular flexibility index (Phi) is 4.61. The van der Waals surface area contributed by atoms with Crippen LogP contribution in [0.3, 0.4) is 0 Å². The highest BCUT2D eigenvalue weighted by molar-refractivity contribution is 7.89. The molecule has 1 saturated heterocycles. The van der Waals surface area contributed by atoms with E-state index in [1.54, 1.807) is 0 Å². The van der Waals surface area contributed by atoms with E-state index in [4.69, 9.17) is 4.42 Å². The fraction of sp³-hybridized carbons (Fsp3) is 0.250. The van der Waals surface area contributed by atoms with E-state index in [0.29, 0.717) is 30.3 Å². The van der Waals surface area contributed by atoms with E-state index in [1.165, 1.54) is 4.31 Å². The third-order valence-electron chi connectivity index (χ3n) is 4.55. The van der Waals surface area contributed by atoms with Gasteiger partial charge >= 0.3 is 0 Å². The van der Waals surface area contributed by atoms with Gasteiger partial charge in [-0.25, -0.2) is 8.42 Å². The second-order valence-electron chi connectivity index (χ2n) is 6.35. The van der Waals surface area contributed by atoms with Crippen LogP contribution >= 0.6 is 0 Å². The van der Waals surface area contributed by atoms with Crippen LogP contribution in [0, 0.1) is 0 Å². The van der Waals surface area contributed by atoms with Crippen molar-refractivity contribution in [2.24, 2.45) is 0 Å². The summed E-state index contributed by atoms with van der Waals surface area (Å²) in [5.41, 5.74) is 1.46. The van der Waals surface area contributed by atoms with Crippen LogP contribution in [0.2, 0.25) is 0 Å². The van der Waals surface area contributed by atoms with Gasteiger partial charge in [0.25, 0.3) is 10.0 Å². The minimum absolute atomic E-state index is 0.00412. The maximum Gasteiger partial charge on any atom is 0.264 e. The Morgan fingerprint density at radius 1 is 0.808 bits per heavy atom. The average molecular weight is 368 g/mol. The smallest absolute Gasteiger partial charge is 0.264 e. The van der Waals surface area contributed by atoms with Crippen LogP contribution in [0.5, 0.6) is 0 Å². The van der Waals surface area contributed by atoms with Crippen molar-refractivity contribution in [3.63, 3.8) is 0 Å². The van der Waals surface area contributed by atoms with Crippen LogP contribution in [0.4, 0.5) is 0 Å². The summed E-state index contributed by atoms with van der Waals surface area (Å²) in [7, 11) is -3.70. The van der Waals surface area contributed by atoms with Crippen molar-refractivity contribution < 1.29 is 12.8 Å². The molecular weight excluding hydrogens is 348 g/mol. The average Bonchev–Trinajstić information content (AvgIpc) is 3.16. The lowest BCUT2D eigenvalue weighted by Crippen LogP contribution is -2.36. The van der Waals surface area contributed by atoms with Crippen molar-refractivity contribution in [3.8, 4) is 22.8 Å². The first-order chi connectivity index (χ1) is 12.7. The minimum Gasteiger partial charge on any atom is -0.435 e. The molecule has 3 aromatic rings. The zero-order chi connectivity index (χ0) is 18.0. The normalized spacial score (nSPS) is 15.8. The highest BCUT2D eigenvalue weighted by atomic mass is 32.2. The van der Waals surface area contributed by atoms with Gasteiger partial charge < -0.3 is 4.42 Å². The topological polar surface area (TPSA) is 63.4 Å². The van der Waals surface area contributed by atoms with Gasteiger partial charge in [-0.15, -0.1) is 0 Å². The number of hydrogen-bond donors (Lipinski definition) is 0. The lowest BCUT2D eigenvalue weighted by Gasteiger charge is -2.25. The Morgan fingerprint density at radius 3 is 2.00 bits per heavy atom. The van der Waals surface area contributed by atoms with Crippen molar-refractivity contribution in [2.75, 3.05) is 13.1 Å². The maximum atomic E-state index is 13.2. The molecule has 4 rings (SSSR count). The van der Waals surface area contributed by atoms with Crippen LogP contribution in [0.25, 0.3) is 22.8 Å². The van der Waals surface area contributed by atoms with E-state index in [0.717, 1.165) is 24.8 Å². The quantitative estimate of drug-likeness (QED) is 0.693. The van der Waals surface area contributed by atoms with Crippen LogP contribution in [0.1, 0.15) is 19.3 Å². The monoisotopic (exact) mass is 368 g/mol. The van der Waals surface area contributed by atoms with Crippen LogP contribution in [-0.4, -0.2) is 30.8 Å². The molecule has 0 N–H and O–H groups in total. The fourth-order valence-corrected chi connectivity index (χ4v) is 4.76. The van der Waals surface area contributed by atoms with Gasteiger partial charge in [-0.2, -0.15) is 9.29 Å². The molecule has 2 heterocycles. The molecule has 0 bridgehead atoms. The minimum atomic E-state index is -3.70. The molecule has 1 aromatic heterocycles. The van der Waals surface area contributed by atoms with Crippen LogP contribution in [-0.2, 0) is 10.0 Å². The van der Waals surface area contributed by atoms with Gasteiger partial charge in [-0.05, 0) is 25.0 Å². The second-order valence-corrected chi connectivity index (χ2v) is 8.20. The van der Waals surface area contributed by atoms with Crippen molar-refractivity contribution in [3.05, 3.63) is 60.7 Å². The Balaban J connectivity index is 1.86. The highest BCUT2D eigenvalue weighted by Gasteiger charge is 2.33. The number of nitrogens with zero attached hydrogens (tertiary/aromatic N) is 2. The number of piperidine rings is 1. The highest BCUT2D eigenvalue weighted by Crippen LogP contribution is 2.34. The summed E-state index contributed by atoms with van der Waals surface area (Å²) in [4.78, 5) is 4.41. The molecule has 26 heavy (non-hydrogen) atoms. The van der Waals surface area contributed by atoms with Crippen molar-refractivity contribution in [1.29, 1.82) is 0 Å². The summed E-state index contributed by atoms with van der Waals surface area (Å²) >= 11 is 0. The number of sulfonamides is 1. The first kappa shape index (κ1) is 17.0. The van der Waals surface area contributed by atoms with E-state index in [9.17, 15) is 8.42 Å². The molecule has 0 saturated carbocycles. The third kappa shape index (κ3) is 3.18. The predicted molar refractivity (Wildman–Crippen MR) is 100.0 cm³/mol. The maximum absolute atomic E-state index is 13.2. The van der Waals surface area contributed by atoms with Crippen molar-refractivity contribution >= 4 is 10.0 Å². The van der Waals surface area contributed by atoms with E-state index in [-0.39, 0.29) is 5.03 Å². The van der Waals surface area contributed by atoms with Crippen molar-refractivity contribution in [2.45, 2.75) is 24.3 Å². The summed E-state index contributed by atoms with van der Waals surface area (Å²) in [6.07, 6.45) is 2.82. The lowest BCUT2D eigenvalue weighted by atomic mass is 10.2. The standard InChI is InChI=1S/C20H20N2O3S/c23-26(24,22-14-8-3-9-15-22)20-18(16-10-4-1-5-11-16)25-19(21-20)17-12-6-2-7-13-17/h1-2,4-7,10-13H,3,8-9,14-15H2. The molecule has 0 aliphatic carbocycles. The third-order valence-corrected chi connectivity index (χ3v) is 6.36. The molecule has 0 radical (unpaired) electrons. The molecular formula is C20H20N2O3S. The summed E-state index contributed by atoms with van der Waals surface area (Å²) in [6.45, 7) is 1.06. The van der Waals surface area contributed by atoms with Gasteiger partial charge in [0.05, 0.1) is 0 Å². The van der Waals surface area contributed by atoms with Gasteiger partial charge in [0.2, 0.25) is 10.9 Å². The molecule has 1 aliphatic heterocycles. The van der Waals surface area contributed by atoms with E-state index in [1.807, 2.05) is 60.7 Å². The number of oxazole rings is 1. The zero-order valence-electron chi connectivity index (χ0n) is 14.3. The van der Waals surface area contributed by atoms with Gasteiger partial charge in [-0.3, -0.25) is 0 Å². The Bertz CT molecular complexity index is 976. The molecule has 1 aliphatic rings. The van der Waals surface area contributed by atoms with Crippen LogP contribution < -0.4 is 0 Å². The van der Waals surface area contributed by atoms with Gasteiger partial charge in [0.15, 0.2) is 5.76 Å². The number of aromatic nitrogens is 1. The van der Waals surface area contributed by atoms with Crippen LogP contribution in [0.15, 0.2) is 70.1 Å². The first-order valence-corrected chi connectivity index (χ1v) is 10.2. The molecule has 1 fully saturated rings. The van der Waals surface area contributed by atoms with Crippen molar-refractivity contribution in [1.82, 2.24) is 9.29 Å². The Morgan fingerprint density at radius 2 is 1.38 bits per heavy atom. The lowest BCUT2D eigenvalue weighted by molar-refractivity contribution is 0.345. The Hall–Kier alpha value is -2.44. The van der Waals surface area contributed by atoms with E-state index >= 15 is 0 Å². The summed E-state index contributed by atoms with van der Waals surface area (Å²) in [6, 6.07) is 18.6. The SMILES string of the molecule is O=S(=O)(c1nc(-c2ccccc2)oc1-c1ccccc1)N1CCCCC1. The first-order valence-electron chi connectivity index (χ1n) is 8.78. The zero-order valence-corrected chi connectivity index (χ0v) is 15.2. The molecule has 5 nitrogen and oxygen atoms in total. The Labute approximate surface area is 153 Å². The number of benzene rings is 2. The number of hydrogen-bond acceptors (Lipinski definition) is 4. The van der Waals surface area contributed by atoms with Gasteiger partial charge in [-0.1, -0.05) is 55.0 Å². The van der Waals surface area contributed by atoms with E-state index < -0.39 is 10.0 Å². The molecule has 0 atom stereocenters. The van der Waals surface area contributed by atoms with E-state index in [2.05, 4.69) is 4.98 Å². The molecule has 0 unspecified atom stereocenters. The number of rotatable bonds is 4. The summed E-state index contributed by atoms with van der Waals surface area (Å²) < 4.78 is 33.9. The molecule has 6 heteroatoms. The second kappa shape index (κ2) is 7.05. The molecule has 134 valence electrons. The predicted octanol–water partition coefficient (Wildman–Crippen LogP) is 4.18. The molecule has 0 amide bonds. The summed E-state index contributed by atoms with van der Waals surface area (Å²) in [5, 5.41) is 0.00412. The fourth-order valence-electron chi connectivity index (χ4n) is 3.18. The molecule has 0 spiro atoms.